The zero-order valence-electron chi connectivity index (χ0n) is 16.1. The zero-order chi connectivity index (χ0) is 22.2. The molecule has 1 saturated heterocycles. The van der Waals surface area contributed by atoms with Gasteiger partial charge in [0.15, 0.2) is 5.66 Å². The van der Waals surface area contributed by atoms with E-state index in [1.807, 2.05) is 0 Å². The van der Waals surface area contributed by atoms with Gasteiger partial charge in [-0.05, 0) is 53.1 Å². The summed E-state index contributed by atoms with van der Waals surface area (Å²) in [6.07, 6.45) is 1.64. The van der Waals surface area contributed by atoms with Gasteiger partial charge >= 0.3 is 7.60 Å². The Kier molecular flexibility index (Phi) is 6.28. The van der Waals surface area contributed by atoms with Crippen LogP contribution in [0.2, 0.25) is 5.02 Å². The van der Waals surface area contributed by atoms with Gasteiger partial charge in [0, 0.05) is 22.0 Å². The second kappa shape index (κ2) is 8.81. The average molecular weight is 484 g/mol. The lowest BCUT2D eigenvalue weighted by atomic mass is 10.1. The van der Waals surface area contributed by atoms with E-state index in [9.17, 15) is 18.1 Å². The summed E-state index contributed by atoms with van der Waals surface area (Å²) in [5, 5.41) is 2.76. The van der Waals surface area contributed by atoms with E-state index < -0.39 is 30.8 Å². The molecule has 1 atom stereocenters. The van der Waals surface area contributed by atoms with E-state index in [1.54, 1.807) is 23.6 Å². The molecular weight excluding hydrogens is 467 g/mol. The molecule has 0 spiro atoms. The number of carbonyl (C=O) groups excluding carboxylic acids is 1. The van der Waals surface area contributed by atoms with Gasteiger partial charge in [-0.1, -0.05) is 18.2 Å². The largest absolute Gasteiger partial charge is 0.347 e. The molecule has 162 valence electrons. The normalized spacial score (nSPS) is 16.7. The Labute approximate surface area is 186 Å². The summed E-state index contributed by atoms with van der Waals surface area (Å²) in [5.41, 5.74) is -1.06. The maximum absolute atomic E-state index is 13.8. The summed E-state index contributed by atoms with van der Waals surface area (Å²) in [4.78, 5) is 14.6. The summed E-state index contributed by atoms with van der Waals surface area (Å²) in [5.74, 6) is -2.48. The van der Waals surface area contributed by atoms with Crippen LogP contribution < -0.4 is 4.90 Å². The molecule has 3 aromatic rings. The number of halogens is 3. The van der Waals surface area contributed by atoms with Crippen LogP contribution in [0.3, 0.4) is 0 Å². The molecule has 0 bridgehead atoms. The third-order valence-corrected chi connectivity index (χ3v) is 8.22. The third-order valence-electron chi connectivity index (χ3n) is 4.79. The molecular formula is C21H17ClF2NO4PS. The van der Waals surface area contributed by atoms with Crippen molar-refractivity contribution in [3.8, 4) is 0 Å². The Bertz CT molecular complexity index is 1190. The van der Waals surface area contributed by atoms with Gasteiger partial charge in [-0.15, -0.1) is 11.3 Å². The van der Waals surface area contributed by atoms with Crippen LogP contribution >= 0.6 is 30.5 Å². The van der Waals surface area contributed by atoms with E-state index in [1.165, 1.54) is 11.3 Å². The summed E-state index contributed by atoms with van der Waals surface area (Å²) in [6, 6.07) is 7.83. The van der Waals surface area contributed by atoms with Gasteiger partial charge in [0.25, 0.3) is 5.91 Å². The lowest BCUT2D eigenvalue weighted by Gasteiger charge is -2.32. The first-order chi connectivity index (χ1) is 14.8. The molecule has 1 fully saturated rings. The van der Waals surface area contributed by atoms with Gasteiger partial charge in [0.2, 0.25) is 0 Å². The summed E-state index contributed by atoms with van der Waals surface area (Å²) >= 11 is 7.49. The summed E-state index contributed by atoms with van der Waals surface area (Å²) < 4.78 is 53.1. The molecule has 2 heterocycles. The monoisotopic (exact) mass is 483 g/mol. The fourth-order valence-corrected chi connectivity index (χ4v) is 6.76. The predicted octanol–water partition coefficient (Wildman–Crippen LogP) is 6.68. The summed E-state index contributed by atoms with van der Waals surface area (Å²) in [7, 11) is -3.96. The second-order valence-electron chi connectivity index (χ2n) is 6.81. The molecule has 1 aliphatic heterocycles. The first kappa shape index (κ1) is 22.1. The Balaban J connectivity index is 1.87. The van der Waals surface area contributed by atoms with Crippen LogP contribution in [0, 0.1) is 11.6 Å². The molecule has 0 aliphatic carbocycles. The van der Waals surface area contributed by atoms with Crippen molar-refractivity contribution in [2.24, 2.45) is 0 Å². The first-order valence-corrected chi connectivity index (χ1v) is 12.2. The van der Waals surface area contributed by atoms with Gasteiger partial charge in [-0.3, -0.25) is 14.3 Å². The molecule has 4 rings (SSSR count). The number of benzene rings is 2. The number of anilines is 1. The minimum absolute atomic E-state index is 0.0938. The van der Waals surface area contributed by atoms with E-state index in [0.717, 1.165) is 27.9 Å². The molecule has 31 heavy (non-hydrogen) atoms. The Morgan fingerprint density at radius 2 is 1.87 bits per heavy atom. The average Bonchev–Trinajstić information content (AvgIpc) is 3.11. The third kappa shape index (κ3) is 4.31. The highest BCUT2D eigenvalue weighted by molar-refractivity contribution is 7.55. The highest BCUT2D eigenvalue weighted by Crippen LogP contribution is 2.64. The van der Waals surface area contributed by atoms with Gasteiger partial charge in [0.05, 0.1) is 18.9 Å². The van der Waals surface area contributed by atoms with Crippen molar-refractivity contribution in [2.75, 3.05) is 18.1 Å². The Morgan fingerprint density at radius 1 is 1.19 bits per heavy atom. The van der Waals surface area contributed by atoms with Crippen molar-refractivity contribution >= 4 is 52.2 Å². The fraction of sp³-hybridized carbons (Fsp3) is 0.190. The topological polar surface area (TPSA) is 55.8 Å². The number of thiophene rings is 1. The lowest BCUT2D eigenvalue weighted by molar-refractivity contribution is -0.118. The van der Waals surface area contributed by atoms with E-state index in [-0.39, 0.29) is 18.9 Å². The van der Waals surface area contributed by atoms with Crippen LogP contribution in [0.1, 0.15) is 17.6 Å². The molecule has 1 unspecified atom stereocenters. The molecule has 5 nitrogen and oxygen atoms in total. The predicted molar refractivity (Wildman–Crippen MR) is 118 cm³/mol. The molecule has 1 amide bonds. The Morgan fingerprint density at radius 3 is 2.52 bits per heavy atom. The van der Waals surface area contributed by atoms with Crippen LogP contribution in [-0.2, 0) is 18.4 Å². The Hall–Kier alpha value is -2.09. The number of nitrogens with zero attached hydrogens (tertiary/aromatic N) is 1. The van der Waals surface area contributed by atoms with Crippen molar-refractivity contribution in [2.45, 2.75) is 12.1 Å². The van der Waals surface area contributed by atoms with Crippen molar-refractivity contribution in [1.82, 2.24) is 0 Å². The van der Waals surface area contributed by atoms with Crippen molar-refractivity contribution < 1.29 is 27.2 Å². The van der Waals surface area contributed by atoms with E-state index >= 15 is 0 Å². The number of amides is 1. The van der Waals surface area contributed by atoms with Crippen LogP contribution in [0.4, 0.5) is 14.5 Å². The van der Waals surface area contributed by atoms with Crippen molar-refractivity contribution in [3.05, 3.63) is 76.8 Å². The van der Waals surface area contributed by atoms with Crippen molar-refractivity contribution in [3.63, 3.8) is 0 Å². The molecule has 1 aromatic heterocycles. The quantitative estimate of drug-likeness (QED) is 0.380. The fourth-order valence-electron chi connectivity index (χ4n) is 3.43. The van der Waals surface area contributed by atoms with Gasteiger partial charge in [0.1, 0.15) is 11.6 Å². The zero-order valence-corrected chi connectivity index (χ0v) is 18.6. The van der Waals surface area contributed by atoms with Crippen LogP contribution in [0.15, 0.2) is 54.6 Å². The van der Waals surface area contributed by atoms with E-state index in [4.69, 9.17) is 20.6 Å². The van der Waals surface area contributed by atoms with E-state index in [0.29, 0.717) is 28.5 Å². The van der Waals surface area contributed by atoms with Crippen LogP contribution in [-0.4, -0.2) is 19.1 Å². The van der Waals surface area contributed by atoms with Gasteiger partial charge in [-0.2, -0.15) is 0 Å². The SMILES string of the molecule is C=CN(C(=O)C(c1csc2ccc(Cl)cc12)P1(=O)OCCCO1)c1cc(F)cc(F)c1. The molecule has 0 N–H and O–H groups in total. The highest BCUT2D eigenvalue weighted by Gasteiger charge is 2.47. The van der Waals surface area contributed by atoms with Gasteiger partial charge in [-0.25, -0.2) is 8.78 Å². The maximum Gasteiger partial charge on any atom is 0.347 e. The minimum atomic E-state index is -3.96. The number of hydrogen-bond donors (Lipinski definition) is 0. The number of rotatable bonds is 5. The summed E-state index contributed by atoms with van der Waals surface area (Å²) in [6.45, 7) is 3.91. The number of carbonyl (C=O) groups is 1. The standard InChI is InChI=1S/C21H17ClF2NO4PS/c1-2-25(16-10-14(23)9-15(24)11-16)21(26)20(30(27)28-6-3-7-29-30)18-12-31-19-5-4-13(22)8-17(18)19/h2,4-5,8-12,20H,1,3,6-7H2. The van der Waals surface area contributed by atoms with Crippen LogP contribution in [0.5, 0.6) is 0 Å². The minimum Gasteiger partial charge on any atom is -0.308 e. The molecule has 1 aliphatic rings. The molecule has 0 radical (unpaired) electrons. The van der Waals surface area contributed by atoms with Crippen LogP contribution in [0.25, 0.3) is 10.1 Å². The second-order valence-corrected chi connectivity index (χ2v) is 10.3. The number of hydrogen-bond acceptors (Lipinski definition) is 5. The maximum atomic E-state index is 13.8. The van der Waals surface area contributed by atoms with E-state index in [2.05, 4.69) is 6.58 Å². The smallest absolute Gasteiger partial charge is 0.308 e. The first-order valence-electron chi connectivity index (χ1n) is 9.29. The number of fused-ring (bicyclic) bond motifs is 1. The molecule has 10 heteroatoms. The lowest BCUT2D eigenvalue weighted by Crippen LogP contribution is -2.32. The van der Waals surface area contributed by atoms with Gasteiger partial charge < -0.3 is 9.05 Å². The highest BCUT2D eigenvalue weighted by atomic mass is 35.5. The molecule has 0 saturated carbocycles. The van der Waals surface area contributed by atoms with Crippen molar-refractivity contribution in [1.29, 1.82) is 0 Å². The molecule has 2 aromatic carbocycles.